The highest BCUT2D eigenvalue weighted by molar-refractivity contribution is 5.90. The Bertz CT molecular complexity index is 717. The Kier molecular flexibility index (Phi) is 3.70. The molecule has 0 atom stereocenters. The van der Waals surface area contributed by atoms with Gasteiger partial charge < -0.3 is 10.1 Å². The van der Waals surface area contributed by atoms with Gasteiger partial charge in [0.05, 0.1) is 0 Å². The number of aromatic nitrogens is 1. The lowest BCUT2D eigenvalue weighted by Crippen LogP contribution is -2.22. The van der Waals surface area contributed by atoms with E-state index in [9.17, 15) is 19.1 Å². The fraction of sp³-hybridized carbons (Fsp3) is 0.200. The number of carboxylic acids is 1. The molecular formula is C15H14FNO3. The van der Waals surface area contributed by atoms with Gasteiger partial charge in [-0.15, -0.1) is 0 Å². The molecule has 0 aliphatic carbocycles. The van der Waals surface area contributed by atoms with E-state index in [0.29, 0.717) is 23.4 Å². The first-order valence-corrected chi connectivity index (χ1v) is 6.20. The van der Waals surface area contributed by atoms with Gasteiger partial charge >= 0.3 is 5.97 Å². The first kappa shape index (κ1) is 14.0. The molecule has 2 rings (SSSR count). The van der Waals surface area contributed by atoms with Crippen LogP contribution >= 0.6 is 0 Å². The van der Waals surface area contributed by atoms with Crippen LogP contribution in [0.25, 0.3) is 11.1 Å². The molecule has 0 fully saturated rings. The molecule has 4 nitrogen and oxygen atoms in total. The van der Waals surface area contributed by atoms with Gasteiger partial charge in [0, 0.05) is 17.0 Å². The average molecular weight is 275 g/mol. The number of H-pyrrole nitrogens is 1. The maximum atomic E-state index is 12.9. The van der Waals surface area contributed by atoms with E-state index in [1.54, 1.807) is 13.8 Å². The van der Waals surface area contributed by atoms with Gasteiger partial charge in [-0.05, 0) is 31.0 Å². The third kappa shape index (κ3) is 2.34. The topological polar surface area (TPSA) is 70.2 Å². The number of carboxylic acid groups (broad SMARTS) is 1. The predicted octanol–water partition coefficient (Wildman–Crippen LogP) is 2.75. The van der Waals surface area contributed by atoms with E-state index in [-0.39, 0.29) is 11.1 Å². The van der Waals surface area contributed by atoms with Crippen LogP contribution in [0.3, 0.4) is 0 Å². The molecule has 0 aliphatic rings. The van der Waals surface area contributed by atoms with E-state index < -0.39 is 17.2 Å². The van der Waals surface area contributed by atoms with Crippen LogP contribution in [0.15, 0.2) is 29.1 Å². The number of pyridine rings is 1. The maximum absolute atomic E-state index is 12.9. The fourth-order valence-electron chi connectivity index (χ4n) is 2.24. The van der Waals surface area contributed by atoms with Crippen molar-refractivity contribution >= 4 is 5.97 Å². The van der Waals surface area contributed by atoms with Crippen molar-refractivity contribution in [3.63, 3.8) is 0 Å². The summed E-state index contributed by atoms with van der Waals surface area (Å²) in [6, 6.07) is 5.40. The van der Waals surface area contributed by atoms with Crippen LogP contribution in [0.2, 0.25) is 0 Å². The SMILES string of the molecule is CCc1[nH]c(C)c(-c2ccc(F)cc2)c(=O)c1C(=O)O. The molecule has 0 unspecified atom stereocenters. The van der Waals surface area contributed by atoms with Crippen molar-refractivity contribution in [3.8, 4) is 11.1 Å². The van der Waals surface area contributed by atoms with Crippen molar-refractivity contribution < 1.29 is 14.3 Å². The van der Waals surface area contributed by atoms with Gasteiger partial charge in [-0.3, -0.25) is 4.79 Å². The van der Waals surface area contributed by atoms with Gasteiger partial charge in [0.2, 0.25) is 5.43 Å². The molecule has 2 aromatic rings. The number of benzene rings is 1. The van der Waals surface area contributed by atoms with Gasteiger partial charge in [0.25, 0.3) is 0 Å². The molecule has 2 N–H and O–H groups in total. The summed E-state index contributed by atoms with van der Waals surface area (Å²) in [6.45, 7) is 3.47. The molecule has 0 spiro atoms. The van der Waals surface area contributed by atoms with E-state index in [1.807, 2.05) is 0 Å². The molecule has 1 aromatic carbocycles. The normalized spacial score (nSPS) is 10.6. The fourth-order valence-corrected chi connectivity index (χ4v) is 2.24. The third-order valence-electron chi connectivity index (χ3n) is 3.17. The second-order valence-corrected chi connectivity index (χ2v) is 4.47. The van der Waals surface area contributed by atoms with Crippen molar-refractivity contribution in [2.75, 3.05) is 0 Å². The van der Waals surface area contributed by atoms with Gasteiger partial charge in [-0.2, -0.15) is 0 Å². The van der Waals surface area contributed by atoms with Crippen molar-refractivity contribution in [3.05, 3.63) is 57.3 Å². The lowest BCUT2D eigenvalue weighted by Gasteiger charge is -2.11. The zero-order valence-electron chi connectivity index (χ0n) is 11.2. The zero-order chi connectivity index (χ0) is 14.9. The van der Waals surface area contributed by atoms with Crippen LogP contribution in [0, 0.1) is 12.7 Å². The van der Waals surface area contributed by atoms with Crippen LogP contribution in [-0.2, 0) is 6.42 Å². The molecule has 0 radical (unpaired) electrons. The third-order valence-corrected chi connectivity index (χ3v) is 3.17. The minimum atomic E-state index is -1.26. The first-order valence-electron chi connectivity index (χ1n) is 6.20. The quantitative estimate of drug-likeness (QED) is 0.904. The van der Waals surface area contributed by atoms with E-state index in [1.165, 1.54) is 24.3 Å². The number of aromatic amines is 1. The highest BCUT2D eigenvalue weighted by atomic mass is 19.1. The molecule has 1 heterocycles. The molecule has 0 bridgehead atoms. The smallest absolute Gasteiger partial charge is 0.341 e. The molecule has 0 saturated carbocycles. The monoisotopic (exact) mass is 275 g/mol. The lowest BCUT2D eigenvalue weighted by molar-refractivity contribution is 0.0694. The number of halogens is 1. The first-order chi connectivity index (χ1) is 9.45. The van der Waals surface area contributed by atoms with E-state index in [2.05, 4.69) is 4.98 Å². The summed E-state index contributed by atoms with van der Waals surface area (Å²) < 4.78 is 12.9. The molecule has 104 valence electrons. The Balaban J connectivity index is 2.77. The molecule has 5 heteroatoms. The second kappa shape index (κ2) is 5.28. The number of aromatic carboxylic acids is 1. The van der Waals surface area contributed by atoms with Crippen LogP contribution in [0.4, 0.5) is 4.39 Å². The molecule has 1 aromatic heterocycles. The number of hydrogen-bond donors (Lipinski definition) is 2. The minimum Gasteiger partial charge on any atom is -0.477 e. The Hall–Kier alpha value is -2.43. The number of rotatable bonds is 3. The second-order valence-electron chi connectivity index (χ2n) is 4.47. The van der Waals surface area contributed by atoms with E-state index >= 15 is 0 Å². The summed E-state index contributed by atoms with van der Waals surface area (Å²) >= 11 is 0. The Labute approximate surface area is 114 Å². The Morgan fingerprint density at radius 1 is 1.30 bits per heavy atom. The number of aryl methyl sites for hydroxylation is 2. The number of hydrogen-bond acceptors (Lipinski definition) is 2. The summed E-state index contributed by atoms with van der Waals surface area (Å²) in [5.41, 5.74) is 0.929. The van der Waals surface area contributed by atoms with E-state index in [0.717, 1.165) is 0 Å². The summed E-state index contributed by atoms with van der Waals surface area (Å²) in [5, 5.41) is 9.20. The molecule has 0 aliphatic heterocycles. The summed E-state index contributed by atoms with van der Waals surface area (Å²) in [5.74, 6) is -1.67. The van der Waals surface area contributed by atoms with Crippen LogP contribution in [0.5, 0.6) is 0 Å². The summed E-state index contributed by atoms with van der Waals surface area (Å²) in [4.78, 5) is 26.6. The van der Waals surface area contributed by atoms with E-state index in [4.69, 9.17) is 0 Å². The highest BCUT2D eigenvalue weighted by Crippen LogP contribution is 2.21. The lowest BCUT2D eigenvalue weighted by atomic mass is 9.99. The largest absolute Gasteiger partial charge is 0.477 e. The van der Waals surface area contributed by atoms with Crippen molar-refractivity contribution in [1.29, 1.82) is 0 Å². The molecule has 0 amide bonds. The predicted molar refractivity (Wildman–Crippen MR) is 73.5 cm³/mol. The van der Waals surface area contributed by atoms with Gasteiger partial charge in [0.1, 0.15) is 11.4 Å². The molecular weight excluding hydrogens is 261 g/mol. The average Bonchev–Trinajstić information content (AvgIpc) is 2.39. The van der Waals surface area contributed by atoms with Crippen molar-refractivity contribution in [2.24, 2.45) is 0 Å². The van der Waals surface area contributed by atoms with Gasteiger partial charge in [-0.25, -0.2) is 9.18 Å². The number of nitrogens with one attached hydrogen (secondary N) is 1. The Morgan fingerprint density at radius 3 is 2.40 bits per heavy atom. The van der Waals surface area contributed by atoms with Crippen molar-refractivity contribution in [2.45, 2.75) is 20.3 Å². The van der Waals surface area contributed by atoms with Crippen LogP contribution in [0.1, 0.15) is 28.7 Å². The van der Waals surface area contributed by atoms with Crippen LogP contribution < -0.4 is 5.43 Å². The van der Waals surface area contributed by atoms with Gasteiger partial charge in [-0.1, -0.05) is 19.1 Å². The zero-order valence-corrected chi connectivity index (χ0v) is 11.2. The minimum absolute atomic E-state index is 0.252. The summed E-state index contributed by atoms with van der Waals surface area (Å²) in [7, 11) is 0. The number of carbonyl (C=O) groups is 1. The van der Waals surface area contributed by atoms with Gasteiger partial charge in [0.15, 0.2) is 0 Å². The standard InChI is InChI=1S/C15H14FNO3/c1-3-11-13(15(19)20)14(18)12(8(2)17-11)9-4-6-10(16)7-5-9/h4-7H,3H2,1-2H3,(H,17,18)(H,19,20). The Morgan fingerprint density at radius 2 is 1.90 bits per heavy atom. The highest BCUT2D eigenvalue weighted by Gasteiger charge is 2.20. The molecule has 20 heavy (non-hydrogen) atoms. The summed E-state index contributed by atoms with van der Waals surface area (Å²) in [6.07, 6.45) is 0.418. The van der Waals surface area contributed by atoms with Crippen LogP contribution in [-0.4, -0.2) is 16.1 Å². The van der Waals surface area contributed by atoms with Crippen molar-refractivity contribution in [1.82, 2.24) is 4.98 Å². The maximum Gasteiger partial charge on any atom is 0.341 e. The molecule has 0 saturated heterocycles.